The van der Waals surface area contributed by atoms with E-state index in [0.717, 1.165) is 23.5 Å². The molecule has 2 aromatic rings. The Hall–Kier alpha value is -2.10. The van der Waals surface area contributed by atoms with Crippen molar-refractivity contribution in [1.29, 1.82) is 0 Å². The second-order valence-electron chi connectivity index (χ2n) is 4.99. The summed E-state index contributed by atoms with van der Waals surface area (Å²) < 4.78 is 24.6. The summed E-state index contributed by atoms with van der Waals surface area (Å²) in [5.41, 5.74) is 1.65. The lowest BCUT2D eigenvalue weighted by Gasteiger charge is -2.25. The largest absolute Gasteiger partial charge is 0.497 e. The van der Waals surface area contributed by atoms with Gasteiger partial charge in [0.1, 0.15) is 17.3 Å². The summed E-state index contributed by atoms with van der Waals surface area (Å²) >= 11 is 0. The number of methoxy groups -OCH3 is 1. The minimum atomic E-state index is -0.243. The number of halogens is 1. The number of fused-ring (bicyclic) bond motifs is 1. The number of nitrogens with zero attached hydrogens (tertiary/aromatic N) is 1. The number of hydrogen-bond donors (Lipinski definition) is 0. The maximum Gasteiger partial charge on any atom is 0.144 e. The number of hydrogen-bond acceptors (Lipinski definition) is 3. The van der Waals surface area contributed by atoms with Gasteiger partial charge in [0.25, 0.3) is 0 Å². The highest BCUT2D eigenvalue weighted by molar-refractivity contribution is 5.42. The number of aromatic nitrogens is 1. The van der Waals surface area contributed by atoms with Crippen LogP contribution in [0.5, 0.6) is 11.5 Å². The molecule has 0 saturated heterocycles. The Bertz CT molecular complexity index is 615. The summed E-state index contributed by atoms with van der Waals surface area (Å²) in [6, 6.07) is 8.89. The molecule has 0 N–H and O–H groups in total. The third-order valence-corrected chi connectivity index (χ3v) is 3.57. The molecule has 1 atom stereocenters. The zero-order valence-electron chi connectivity index (χ0n) is 11.3. The van der Waals surface area contributed by atoms with Crippen LogP contribution in [0.3, 0.4) is 0 Å². The van der Waals surface area contributed by atoms with Crippen molar-refractivity contribution in [3.05, 3.63) is 53.6 Å². The molecule has 1 aliphatic heterocycles. The molecule has 3 nitrogen and oxygen atoms in total. The van der Waals surface area contributed by atoms with Crippen molar-refractivity contribution < 1.29 is 13.9 Å². The zero-order valence-corrected chi connectivity index (χ0v) is 11.3. The molecule has 20 heavy (non-hydrogen) atoms. The highest BCUT2D eigenvalue weighted by Gasteiger charge is 2.22. The van der Waals surface area contributed by atoms with Crippen LogP contribution in [0.2, 0.25) is 0 Å². The van der Waals surface area contributed by atoms with Gasteiger partial charge in [0.15, 0.2) is 0 Å². The van der Waals surface area contributed by atoms with Crippen LogP contribution in [-0.2, 0) is 12.8 Å². The standard InChI is InChI=1S/C16H16FNO2/c1-19-13-5-4-12-7-11(10-20-16(12)9-13)8-15-14(17)3-2-6-18-15/h2-6,9,11H,7-8,10H2,1H3/t11-/m0/s1. The lowest BCUT2D eigenvalue weighted by Crippen LogP contribution is -2.23. The highest BCUT2D eigenvalue weighted by Crippen LogP contribution is 2.32. The van der Waals surface area contributed by atoms with Crippen LogP contribution in [0.4, 0.5) is 4.39 Å². The molecule has 0 saturated carbocycles. The summed E-state index contributed by atoms with van der Waals surface area (Å²) in [4.78, 5) is 4.11. The van der Waals surface area contributed by atoms with Gasteiger partial charge in [-0.05, 0) is 36.6 Å². The minimum absolute atomic E-state index is 0.243. The fraction of sp³-hybridized carbons (Fsp3) is 0.312. The molecule has 0 aliphatic carbocycles. The van der Waals surface area contributed by atoms with E-state index >= 15 is 0 Å². The average molecular weight is 273 g/mol. The highest BCUT2D eigenvalue weighted by atomic mass is 19.1. The van der Waals surface area contributed by atoms with Crippen LogP contribution >= 0.6 is 0 Å². The van der Waals surface area contributed by atoms with Crippen LogP contribution in [0, 0.1) is 11.7 Å². The molecule has 0 bridgehead atoms. The van der Waals surface area contributed by atoms with E-state index in [9.17, 15) is 4.39 Å². The molecule has 0 amide bonds. The molecule has 0 unspecified atom stereocenters. The summed E-state index contributed by atoms with van der Waals surface area (Å²) in [5.74, 6) is 1.66. The maximum absolute atomic E-state index is 13.6. The lowest BCUT2D eigenvalue weighted by molar-refractivity contribution is 0.218. The van der Waals surface area contributed by atoms with Gasteiger partial charge in [0.2, 0.25) is 0 Å². The van der Waals surface area contributed by atoms with E-state index in [2.05, 4.69) is 4.98 Å². The van der Waals surface area contributed by atoms with Crippen molar-refractivity contribution in [2.24, 2.45) is 5.92 Å². The Kier molecular flexibility index (Phi) is 3.54. The second kappa shape index (κ2) is 5.49. The summed E-state index contributed by atoms with van der Waals surface area (Å²) in [6.45, 7) is 0.580. The predicted molar refractivity (Wildman–Crippen MR) is 73.6 cm³/mol. The second-order valence-corrected chi connectivity index (χ2v) is 4.99. The molecule has 0 spiro atoms. The molecular weight excluding hydrogens is 257 g/mol. The number of benzene rings is 1. The fourth-order valence-corrected chi connectivity index (χ4v) is 2.52. The summed E-state index contributed by atoms with van der Waals surface area (Å²) in [6.07, 6.45) is 3.09. The van der Waals surface area contributed by atoms with Crippen LogP contribution in [0.25, 0.3) is 0 Å². The molecule has 1 aromatic heterocycles. The molecule has 104 valence electrons. The van der Waals surface area contributed by atoms with Gasteiger partial charge in [-0.3, -0.25) is 4.98 Å². The van der Waals surface area contributed by atoms with Gasteiger partial charge >= 0.3 is 0 Å². The zero-order chi connectivity index (χ0) is 13.9. The Morgan fingerprint density at radius 2 is 2.30 bits per heavy atom. The van der Waals surface area contributed by atoms with Gasteiger partial charge in [0.05, 0.1) is 19.4 Å². The molecule has 1 aliphatic rings. The molecule has 3 rings (SSSR count). The Morgan fingerprint density at radius 3 is 3.10 bits per heavy atom. The quantitative estimate of drug-likeness (QED) is 0.861. The maximum atomic E-state index is 13.6. The van der Waals surface area contributed by atoms with Gasteiger partial charge in [-0.25, -0.2) is 4.39 Å². The van der Waals surface area contributed by atoms with Crippen molar-refractivity contribution >= 4 is 0 Å². The first kappa shape index (κ1) is 12.9. The monoisotopic (exact) mass is 273 g/mol. The van der Waals surface area contributed by atoms with Crippen LogP contribution in [-0.4, -0.2) is 18.7 Å². The van der Waals surface area contributed by atoms with Gasteiger partial charge < -0.3 is 9.47 Å². The van der Waals surface area contributed by atoms with E-state index in [1.165, 1.54) is 6.07 Å². The van der Waals surface area contributed by atoms with Gasteiger partial charge in [-0.15, -0.1) is 0 Å². The first-order valence-corrected chi connectivity index (χ1v) is 6.65. The van der Waals surface area contributed by atoms with Crippen molar-refractivity contribution in [3.63, 3.8) is 0 Å². The summed E-state index contributed by atoms with van der Waals surface area (Å²) in [5, 5.41) is 0. The Balaban J connectivity index is 1.74. The lowest BCUT2D eigenvalue weighted by atomic mass is 9.92. The molecule has 0 fully saturated rings. The number of ether oxygens (including phenoxy) is 2. The fourth-order valence-electron chi connectivity index (χ4n) is 2.52. The van der Waals surface area contributed by atoms with Gasteiger partial charge in [-0.2, -0.15) is 0 Å². The number of pyridine rings is 1. The minimum Gasteiger partial charge on any atom is -0.497 e. The van der Waals surface area contributed by atoms with E-state index in [1.807, 2.05) is 18.2 Å². The molecule has 4 heteroatoms. The molecule has 0 radical (unpaired) electrons. The Labute approximate surface area is 117 Å². The van der Waals surface area contributed by atoms with Crippen molar-refractivity contribution in [2.45, 2.75) is 12.8 Å². The smallest absolute Gasteiger partial charge is 0.144 e. The summed E-state index contributed by atoms with van der Waals surface area (Å²) in [7, 11) is 1.64. The van der Waals surface area contributed by atoms with Crippen LogP contribution < -0.4 is 9.47 Å². The van der Waals surface area contributed by atoms with Crippen LogP contribution in [0.15, 0.2) is 36.5 Å². The van der Waals surface area contributed by atoms with E-state index in [0.29, 0.717) is 18.7 Å². The van der Waals surface area contributed by atoms with Gasteiger partial charge in [0, 0.05) is 18.2 Å². The van der Waals surface area contributed by atoms with E-state index in [-0.39, 0.29) is 11.7 Å². The molecule has 2 heterocycles. The average Bonchev–Trinajstić information content (AvgIpc) is 2.49. The van der Waals surface area contributed by atoms with E-state index < -0.39 is 0 Å². The third kappa shape index (κ3) is 2.59. The van der Waals surface area contributed by atoms with Crippen LogP contribution in [0.1, 0.15) is 11.3 Å². The first-order valence-electron chi connectivity index (χ1n) is 6.65. The van der Waals surface area contributed by atoms with E-state index in [1.54, 1.807) is 19.4 Å². The topological polar surface area (TPSA) is 31.4 Å². The first-order chi connectivity index (χ1) is 9.76. The Morgan fingerprint density at radius 1 is 1.40 bits per heavy atom. The van der Waals surface area contributed by atoms with E-state index in [4.69, 9.17) is 9.47 Å². The molecule has 1 aromatic carbocycles. The van der Waals surface area contributed by atoms with Gasteiger partial charge in [-0.1, -0.05) is 6.07 Å². The molecular formula is C16H16FNO2. The van der Waals surface area contributed by atoms with Crippen molar-refractivity contribution in [3.8, 4) is 11.5 Å². The van der Waals surface area contributed by atoms with Crippen molar-refractivity contribution in [2.75, 3.05) is 13.7 Å². The third-order valence-electron chi connectivity index (χ3n) is 3.57. The predicted octanol–water partition coefficient (Wildman–Crippen LogP) is 3.02. The van der Waals surface area contributed by atoms with Crippen molar-refractivity contribution in [1.82, 2.24) is 4.98 Å². The number of rotatable bonds is 3. The SMILES string of the molecule is COc1ccc2c(c1)OC[C@H](Cc1ncccc1F)C2. The normalized spacial score (nSPS) is 17.2.